The second-order valence-corrected chi connectivity index (χ2v) is 7.90. The number of aromatic nitrogens is 1. The van der Waals surface area contributed by atoms with Crippen molar-refractivity contribution in [2.75, 3.05) is 12.4 Å². The molecule has 0 saturated carbocycles. The predicted molar refractivity (Wildman–Crippen MR) is 111 cm³/mol. The molecule has 1 aliphatic heterocycles. The molecule has 1 unspecified atom stereocenters. The number of nitrogens with zero attached hydrogens (tertiary/aromatic N) is 3. The summed E-state index contributed by atoms with van der Waals surface area (Å²) in [6.45, 7) is 0.476. The molecule has 150 valence electrons. The highest BCUT2D eigenvalue weighted by molar-refractivity contribution is 8.14. The van der Waals surface area contributed by atoms with Crippen LogP contribution in [0.25, 0.3) is 10.8 Å². The molecule has 4 rings (SSSR count). The second kappa shape index (κ2) is 8.04. The first-order valence-corrected chi connectivity index (χ1v) is 10.1. The first-order chi connectivity index (χ1) is 13.9. The van der Waals surface area contributed by atoms with Crippen LogP contribution in [0, 0.1) is 0 Å². The lowest BCUT2D eigenvalue weighted by Gasteiger charge is -2.19. The van der Waals surface area contributed by atoms with Crippen molar-refractivity contribution < 1.29 is 13.2 Å². The first kappa shape index (κ1) is 19.7. The SMILES string of the molecule is NC(Cc1cccc(C(F)(F)F)c1)CN1CSC(c2ccc3cnccc3c2)=N1. The molecule has 1 atom stereocenters. The van der Waals surface area contributed by atoms with E-state index in [0.717, 1.165) is 33.5 Å². The fourth-order valence-electron chi connectivity index (χ4n) is 3.29. The molecular formula is C21H19F3N4S. The number of rotatable bonds is 5. The maximum absolute atomic E-state index is 12.9. The van der Waals surface area contributed by atoms with E-state index in [0.29, 0.717) is 24.4 Å². The molecule has 1 aliphatic rings. The summed E-state index contributed by atoms with van der Waals surface area (Å²) in [5.41, 5.74) is 7.15. The number of hydrogen-bond donors (Lipinski definition) is 1. The van der Waals surface area contributed by atoms with Crippen LogP contribution < -0.4 is 5.73 Å². The summed E-state index contributed by atoms with van der Waals surface area (Å²) in [6, 6.07) is 13.1. The quantitative estimate of drug-likeness (QED) is 0.666. The topological polar surface area (TPSA) is 54.5 Å². The van der Waals surface area contributed by atoms with Crippen molar-refractivity contribution in [2.45, 2.75) is 18.6 Å². The Kier molecular flexibility index (Phi) is 5.47. The number of pyridine rings is 1. The zero-order chi connectivity index (χ0) is 20.4. The molecule has 4 nitrogen and oxygen atoms in total. The number of thioether (sulfide) groups is 1. The molecule has 0 spiro atoms. The van der Waals surface area contributed by atoms with Gasteiger partial charge >= 0.3 is 6.18 Å². The van der Waals surface area contributed by atoms with E-state index < -0.39 is 11.7 Å². The minimum absolute atomic E-state index is 0.315. The molecule has 0 saturated heterocycles. The molecule has 3 aromatic rings. The Labute approximate surface area is 170 Å². The highest BCUT2D eigenvalue weighted by Gasteiger charge is 2.30. The van der Waals surface area contributed by atoms with Gasteiger partial charge < -0.3 is 5.73 Å². The molecule has 0 radical (unpaired) electrons. The predicted octanol–water partition coefficient (Wildman–Crippen LogP) is 4.49. The Bertz CT molecular complexity index is 1050. The average Bonchev–Trinajstić information content (AvgIpc) is 3.15. The van der Waals surface area contributed by atoms with Gasteiger partial charge in [-0.3, -0.25) is 9.99 Å². The van der Waals surface area contributed by atoms with Gasteiger partial charge in [0.25, 0.3) is 0 Å². The highest BCUT2D eigenvalue weighted by Crippen LogP contribution is 2.30. The van der Waals surface area contributed by atoms with E-state index >= 15 is 0 Å². The van der Waals surface area contributed by atoms with Crippen LogP contribution >= 0.6 is 11.8 Å². The van der Waals surface area contributed by atoms with E-state index in [4.69, 9.17) is 5.73 Å². The summed E-state index contributed by atoms with van der Waals surface area (Å²) >= 11 is 1.62. The zero-order valence-electron chi connectivity index (χ0n) is 15.4. The van der Waals surface area contributed by atoms with Crippen LogP contribution in [0.4, 0.5) is 13.2 Å². The van der Waals surface area contributed by atoms with E-state index in [-0.39, 0.29) is 6.04 Å². The van der Waals surface area contributed by atoms with Crippen molar-refractivity contribution in [2.24, 2.45) is 10.8 Å². The summed E-state index contributed by atoms with van der Waals surface area (Å²) in [4.78, 5) is 4.12. The van der Waals surface area contributed by atoms with E-state index in [2.05, 4.69) is 16.2 Å². The highest BCUT2D eigenvalue weighted by atomic mass is 32.2. The second-order valence-electron chi connectivity index (χ2n) is 6.97. The van der Waals surface area contributed by atoms with Crippen molar-refractivity contribution in [3.63, 3.8) is 0 Å². The maximum atomic E-state index is 12.9. The van der Waals surface area contributed by atoms with Crippen molar-refractivity contribution in [3.05, 3.63) is 77.6 Å². The summed E-state index contributed by atoms with van der Waals surface area (Å²) in [6.07, 6.45) is -0.406. The minimum Gasteiger partial charge on any atom is -0.326 e. The maximum Gasteiger partial charge on any atom is 0.416 e. The lowest BCUT2D eigenvalue weighted by atomic mass is 10.0. The van der Waals surface area contributed by atoms with Gasteiger partial charge in [0.05, 0.1) is 18.0 Å². The minimum atomic E-state index is -4.35. The van der Waals surface area contributed by atoms with Gasteiger partial charge in [-0.05, 0) is 35.6 Å². The third-order valence-corrected chi connectivity index (χ3v) is 5.69. The summed E-state index contributed by atoms with van der Waals surface area (Å²) in [5, 5.41) is 9.59. The number of hydrazone groups is 1. The van der Waals surface area contributed by atoms with Crippen LogP contribution in [0.15, 0.2) is 66.0 Å². The van der Waals surface area contributed by atoms with Crippen LogP contribution in [0.5, 0.6) is 0 Å². The number of halogens is 3. The largest absolute Gasteiger partial charge is 0.416 e. The number of fused-ring (bicyclic) bond motifs is 1. The van der Waals surface area contributed by atoms with E-state index in [1.807, 2.05) is 29.4 Å². The third kappa shape index (κ3) is 4.71. The first-order valence-electron chi connectivity index (χ1n) is 9.11. The Morgan fingerprint density at radius 1 is 1.10 bits per heavy atom. The van der Waals surface area contributed by atoms with E-state index in [1.54, 1.807) is 24.0 Å². The Morgan fingerprint density at radius 2 is 1.97 bits per heavy atom. The van der Waals surface area contributed by atoms with Gasteiger partial charge in [-0.2, -0.15) is 18.3 Å². The van der Waals surface area contributed by atoms with Crippen LogP contribution in [0.3, 0.4) is 0 Å². The molecular weight excluding hydrogens is 397 g/mol. The molecule has 29 heavy (non-hydrogen) atoms. The smallest absolute Gasteiger partial charge is 0.326 e. The molecule has 0 fully saturated rings. The normalized spacial score (nSPS) is 15.6. The van der Waals surface area contributed by atoms with Crippen molar-refractivity contribution in [1.82, 2.24) is 9.99 Å². The molecule has 8 heteroatoms. The monoisotopic (exact) mass is 416 g/mol. The summed E-state index contributed by atoms with van der Waals surface area (Å²) in [5.74, 6) is 0.667. The third-order valence-electron chi connectivity index (χ3n) is 4.67. The van der Waals surface area contributed by atoms with Gasteiger partial charge in [-0.25, -0.2) is 0 Å². The fraction of sp³-hybridized carbons (Fsp3) is 0.238. The van der Waals surface area contributed by atoms with Gasteiger partial charge in [0.2, 0.25) is 0 Å². The van der Waals surface area contributed by atoms with Crippen molar-refractivity contribution >= 4 is 27.6 Å². The Balaban J connectivity index is 1.41. The molecule has 0 aliphatic carbocycles. The van der Waals surface area contributed by atoms with Gasteiger partial charge in [-0.1, -0.05) is 42.1 Å². The van der Waals surface area contributed by atoms with Crippen molar-refractivity contribution in [3.8, 4) is 0 Å². The number of hydrogen-bond acceptors (Lipinski definition) is 5. The molecule has 0 bridgehead atoms. The molecule has 0 amide bonds. The van der Waals surface area contributed by atoms with Crippen LogP contribution in [0.1, 0.15) is 16.7 Å². The molecule has 1 aromatic heterocycles. The zero-order valence-corrected chi connectivity index (χ0v) is 16.2. The fourth-order valence-corrected chi connectivity index (χ4v) is 4.19. The van der Waals surface area contributed by atoms with Gasteiger partial charge in [-0.15, -0.1) is 0 Å². The lowest BCUT2D eigenvalue weighted by Crippen LogP contribution is -2.35. The number of benzene rings is 2. The van der Waals surface area contributed by atoms with Gasteiger partial charge in [0, 0.05) is 29.4 Å². The molecule has 2 aromatic carbocycles. The summed E-state index contributed by atoms with van der Waals surface area (Å²) in [7, 11) is 0. The van der Waals surface area contributed by atoms with Crippen LogP contribution in [0.2, 0.25) is 0 Å². The number of alkyl halides is 3. The van der Waals surface area contributed by atoms with Crippen LogP contribution in [-0.2, 0) is 12.6 Å². The molecule has 2 heterocycles. The van der Waals surface area contributed by atoms with Crippen molar-refractivity contribution in [1.29, 1.82) is 0 Å². The lowest BCUT2D eigenvalue weighted by molar-refractivity contribution is -0.137. The number of nitrogens with two attached hydrogens (primary N) is 1. The summed E-state index contributed by atoms with van der Waals surface area (Å²) < 4.78 is 38.6. The van der Waals surface area contributed by atoms with Gasteiger partial charge in [0.1, 0.15) is 5.04 Å². The Morgan fingerprint density at radius 3 is 2.79 bits per heavy atom. The average molecular weight is 416 g/mol. The van der Waals surface area contributed by atoms with E-state index in [1.165, 1.54) is 6.07 Å². The van der Waals surface area contributed by atoms with Gasteiger partial charge in [0.15, 0.2) is 0 Å². The standard InChI is InChI=1S/C21H19F3N4S/c22-21(23,24)18-3-1-2-14(8-18)9-19(25)12-28-13-29-20(27-28)16-4-5-17-11-26-7-6-15(17)10-16/h1-8,10-11,19H,9,12-13,25H2. The Hall–Kier alpha value is -2.58. The van der Waals surface area contributed by atoms with Crippen LogP contribution in [-0.4, -0.2) is 33.5 Å². The van der Waals surface area contributed by atoms with E-state index in [9.17, 15) is 13.2 Å². The molecule has 2 N–H and O–H groups in total.